The highest BCUT2D eigenvalue weighted by atomic mass is 35.5. The van der Waals surface area contributed by atoms with E-state index in [1.807, 2.05) is 0 Å². The first-order chi connectivity index (χ1) is 3.56. The maximum atomic E-state index is 5.33. The van der Waals surface area contributed by atoms with Crippen molar-refractivity contribution < 1.29 is 16.9 Å². The average Bonchev–Trinajstić information content (AvgIpc) is 1.59. The molecule has 0 aliphatic rings. The summed E-state index contributed by atoms with van der Waals surface area (Å²) in [5.74, 6) is 0. The molecule has 0 saturated carbocycles. The van der Waals surface area contributed by atoms with Crippen molar-refractivity contribution in [1.82, 2.24) is 0 Å². The van der Waals surface area contributed by atoms with Crippen LogP contribution in [0.25, 0.3) is 0 Å². The Balaban J connectivity index is 0. The third-order valence-electron chi connectivity index (χ3n) is 1.03. The van der Waals surface area contributed by atoms with Gasteiger partial charge in [-0.25, -0.2) is 0 Å². The van der Waals surface area contributed by atoms with Crippen LogP contribution in [0.4, 0.5) is 0 Å². The van der Waals surface area contributed by atoms with Crippen molar-refractivity contribution in [2.45, 2.75) is 6.42 Å². The lowest BCUT2D eigenvalue weighted by atomic mass is 10.4. The van der Waals surface area contributed by atoms with E-state index in [-0.39, 0.29) is 12.4 Å². The van der Waals surface area contributed by atoms with Crippen molar-refractivity contribution >= 4 is 0 Å². The molecule has 0 fully saturated rings. The molecule has 2 N–H and O–H groups in total. The molecule has 0 amide bonds. The highest BCUT2D eigenvalue weighted by Crippen LogP contribution is 1.90. The Labute approximate surface area is 64.0 Å². The van der Waals surface area contributed by atoms with Gasteiger partial charge in [-0.1, -0.05) is 0 Å². The summed E-state index contributed by atoms with van der Waals surface area (Å²) in [7, 11) is 6.53. The Morgan fingerprint density at radius 1 is 1.22 bits per heavy atom. The third kappa shape index (κ3) is 11.7. The normalized spacial score (nSPS) is 10.7. The van der Waals surface area contributed by atoms with E-state index in [9.17, 15) is 0 Å². The maximum absolute atomic E-state index is 5.33. The maximum Gasteiger partial charge on any atom is 0.0792 e. The number of nitrogens with zero attached hydrogens (tertiary/aromatic N) is 1. The Bertz CT molecular complexity index is 58.6. The summed E-state index contributed by atoms with van der Waals surface area (Å²) in [6.07, 6.45) is 1.13. The van der Waals surface area contributed by atoms with Crippen LogP contribution in [0, 0.1) is 0 Å². The van der Waals surface area contributed by atoms with E-state index >= 15 is 0 Å². The fourth-order valence-corrected chi connectivity index (χ4v) is 0.566. The Morgan fingerprint density at radius 3 is 1.78 bits per heavy atom. The number of halogens is 1. The Hall–Kier alpha value is 0.210. The van der Waals surface area contributed by atoms with Crippen LogP contribution in [-0.2, 0) is 0 Å². The van der Waals surface area contributed by atoms with Crippen LogP contribution >= 0.6 is 0 Å². The van der Waals surface area contributed by atoms with Gasteiger partial charge < -0.3 is 22.6 Å². The summed E-state index contributed by atoms with van der Waals surface area (Å²) < 4.78 is 1.02. The third-order valence-corrected chi connectivity index (χ3v) is 1.03. The SMILES string of the molecule is C[N+](C)(C)CCCN.[Cl-]. The number of rotatable bonds is 3. The molecule has 3 heteroatoms. The van der Waals surface area contributed by atoms with Crippen molar-refractivity contribution in [2.24, 2.45) is 5.73 Å². The zero-order valence-electron chi connectivity index (χ0n) is 6.52. The first kappa shape index (κ1) is 11.9. The smallest absolute Gasteiger partial charge is 0.0792 e. The van der Waals surface area contributed by atoms with Crippen molar-refractivity contribution in [1.29, 1.82) is 0 Å². The first-order valence-electron chi connectivity index (χ1n) is 3.07. The summed E-state index contributed by atoms with van der Waals surface area (Å²) in [5, 5.41) is 0. The second kappa shape index (κ2) is 5.03. The van der Waals surface area contributed by atoms with Crippen LogP contribution in [0.15, 0.2) is 0 Å². The Kier molecular flexibility index (Phi) is 6.68. The Morgan fingerprint density at radius 2 is 1.67 bits per heavy atom. The number of quaternary nitrogens is 1. The summed E-state index contributed by atoms with van der Waals surface area (Å²) in [6.45, 7) is 1.99. The minimum absolute atomic E-state index is 0. The molecule has 0 aliphatic heterocycles. The summed E-state index contributed by atoms with van der Waals surface area (Å²) >= 11 is 0. The average molecular weight is 153 g/mol. The first-order valence-corrected chi connectivity index (χ1v) is 3.07. The van der Waals surface area contributed by atoms with E-state index in [1.54, 1.807) is 0 Å². The lowest BCUT2D eigenvalue weighted by Crippen LogP contribution is -3.00. The van der Waals surface area contributed by atoms with Gasteiger partial charge in [0.15, 0.2) is 0 Å². The second-order valence-corrected chi connectivity index (χ2v) is 3.16. The van der Waals surface area contributed by atoms with Gasteiger partial charge in [-0.3, -0.25) is 0 Å². The second-order valence-electron chi connectivity index (χ2n) is 3.16. The van der Waals surface area contributed by atoms with E-state index in [2.05, 4.69) is 21.1 Å². The van der Waals surface area contributed by atoms with Gasteiger partial charge >= 0.3 is 0 Å². The van der Waals surface area contributed by atoms with Gasteiger partial charge in [-0.15, -0.1) is 0 Å². The molecule has 0 spiro atoms. The molecule has 9 heavy (non-hydrogen) atoms. The molecule has 0 rings (SSSR count). The number of hydrogen-bond donors (Lipinski definition) is 1. The van der Waals surface area contributed by atoms with E-state index in [0.717, 1.165) is 17.4 Å². The molecular weight excluding hydrogens is 136 g/mol. The monoisotopic (exact) mass is 152 g/mol. The zero-order chi connectivity index (χ0) is 6.62. The molecule has 0 unspecified atom stereocenters. The zero-order valence-corrected chi connectivity index (χ0v) is 7.28. The van der Waals surface area contributed by atoms with Gasteiger partial charge in [0.1, 0.15) is 0 Å². The fourth-order valence-electron chi connectivity index (χ4n) is 0.566. The molecule has 58 valence electrons. The van der Waals surface area contributed by atoms with E-state index in [1.165, 1.54) is 6.54 Å². The lowest BCUT2D eigenvalue weighted by Gasteiger charge is -2.23. The highest BCUT2D eigenvalue weighted by molar-refractivity contribution is 4.33. The summed E-state index contributed by atoms with van der Waals surface area (Å²) in [4.78, 5) is 0. The molecular formula is C6H17ClN2. The molecule has 0 atom stereocenters. The quantitative estimate of drug-likeness (QED) is 0.430. The molecule has 0 radical (unpaired) electrons. The standard InChI is InChI=1S/C6H17N2.ClH/c1-8(2,3)6-4-5-7;/h4-7H2,1-3H3;1H/q+1;/p-1. The number of hydrogen-bond acceptors (Lipinski definition) is 1. The minimum Gasteiger partial charge on any atom is -1.00 e. The van der Waals surface area contributed by atoms with Gasteiger partial charge in [0, 0.05) is 6.42 Å². The van der Waals surface area contributed by atoms with E-state index in [0.29, 0.717) is 0 Å². The van der Waals surface area contributed by atoms with Crippen LogP contribution < -0.4 is 18.1 Å². The molecule has 0 bridgehead atoms. The van der Waals surface area contributed by atoms with Crippen LogP contribution in [0.2, 0.25) is 0 Å². The molecule has 0 aliphatic carbocycles. The number of nitrogens with two attached hydrogens (primary N) is 1. The van der Waals surface area contributed by atoms with E-state index < -0.39 is 0 Å². The van der Waals surface area contributed by atoms with Crippen molar-refractivity contribution in [3.63, 3.8) is 0 Å². The van der Waals surface area contributed by atoms with Gasteiger partial charge in [-0.2, -0.15) is 0 Å². The lowest BCUT2D eigenvalue weighted by molar-refractivity contribution is -0.870. The molecule has 0 aromatic heterocycles. The predicted octanol–water partition coefficient (Wildman–Crippen LogP) is -2.95. The summed E-state index contributed by atoms with van der Waals surface area (Å²) in [5.41, 5.74) is 5.33. The molecule has 0 aromatic carbocycles. The molecule has 0 aromatic rings. The van der Waals surface area contributed by atoms with Crippen LogP contribution in [0.5, 0.6) is 0 Å². The van der Waals surface area contributed by atoms with E-state index in [4.69, 9.17) is 5.73 Å². The summed E-state index contributed by atoms with van der Waals surface area (Å²) in [6, 6.07) is 0. The van der Waals surface area contributed by atoms with Gasteiger partial charge in [0.2, 0.25) is 0 Å². The molecule has 2 nitrogen and oxygen atoms in total. The fraction of sp³-hybridized carbons (Fsp3) is 1.00. The minimum atomic E-state index is 0. The predicted molar refractivity (Wildman–Crippen MR) is 36.6 cm³/mol. The topological polar surface area (TPSA) is 26.0 Å². The van der Waals surface area contributed by atoms with Gasteiger partial charge in [-0.05, 0) is 6.54 Å². The van der Waals surface area contributed by atoms with Crippen molar-refractivity contribution in [3.8, 4) is 0 Å². The highest BCUT2D eigenvalue weighted by Gasteiger charge is 2.03. The molecule has 0 saturated heterocycles. The van der Waals surface area contributed by atoms with Crippen LogP contribution in [0.1, 0.15) is 6.42 Å². The van der Waals surface area contributed by atoms with Gasteiger partial charge in [0.05, 0.1) is 27.7 Å². The van der Waals surface area contributed by atoms with Crippen molar-refractivity contribution in [3.05, 3.63) is 0 Å². The van der Waals surface area contributed by atoms with Crippen LogP contribution in [0.3, 0.4) is 0 Å². The largest absolute Gasteiger partial charge is 1.00 e. The molecule has 0 heterocycles. The van der Waals surface area contributed by atoms with Gasteiger partial charge in [0.25, 0.3) is 0 Å². The van der Waals surface area contributed by atoms with Crippen LogP contribution in [-0.4, -0.2) is 38.7 Å². The van der Waals surface area contributed by atoms with Crippen molar-refractivity contribution in [2.75, 3.05) is 34.2 Å².